The summed E-state index contributed by atoms with van der Waals surface area (Å²) in [5.74, 6) is 0.566. The fraction of sp³-hybridized carbons (Fsp3) is 0.487. The molecular weight excluding hydrogens is 635 g/mol. The summed E-state index contributed by atoms with van der Waals surface area (Å²) in [5.41, 5.74) is 1.84. The monoisotopic (exact) mass is 685 g/mol. The van der Waals surface area contributed by atoms with Gasteiger partial charge in [-0.15, -0.1) is 5.10 Å². The normalized spacial score (nSPS) is 11.8. The highest BCUT2D eigenvalue weighted by atomic mass is 32.2. The number of para-hydroxylation sites is 1. The SMILES string of the molecule is CCCCCCCCCCCCCCCCCCOc1ccc(C(=O)C(Sc2nnnn2-c2ccccc2)c2ccc([N+](=O)[O-])cc2)cc1. The second-order valence-corrected chi connectivity index (χ2v) is 13.7. The summed E-state index contributed by atoms with van der Waals surface area (Å²) in [4.78, 5) is 24.7. The Kier molecular flexibility index (Phi) is 16.8. The van der Waals surface area contributed by atoms with Gasteiger partial charge >= 0.3 is 0 Å². The molecular formula is C39H51N5O4S. The third kappa shape index (κ3) is 13.1. The van der Waals surface area contributed by atoms with Crippen molar-refractivity contribution in [3.8, 4) is 11.4 Å². The standard InChI is InChI=1S/C39H51N5O4S/c1-2-3-4-5-6-7-8-9-10-11-12-13-14-15-16-20-31-48-36-29-25-32(26-30-36)37(45)38(33-23-27-35(28-24-33)44(46)47)49-39-40-41-42-43(39)34-21-18-17-19-22-34/h17-19,21-30,38H,2-16,20,31H2,1H3. The minimum Gasteiger partial charge on any atom is -0.494 e. The lowest BCUT2D eigenvalue weighted by molar-refractivity contribution is -0.384. The van der Waals surface area contributed by atoms with E-state index in [1.165, 1.54) is 114 Å². The van der Waals surface area contributed by atoms with Crippen molar-refractivity contribution >= 4 is 23.2 Å². The molecule has 4 rings (SSSR count). The Morgan fingerprint density at radius 1 is 0.755 bits per heavy atom. The van der Waals surface area contributed by atoms with Gasteiger partial charge in [-0.3, -0.25) is 14.9 Å². The minimum absolute atomic E-state index is 0.0417. The fourth-order valence-corrected chi connectivity index (χ4v) is 6.91. The van der Waals surface area contributed by atoms with E-state index in [1.807, 2.05) is 42.5 Å². The highest BCUT2D eigenvalue weighted by Crippen LogP contribution is 2.38. The number of aromatic nitrogens is 4. The molecule has 0 saturated carbocycles. The molecule has 1 unspecified atom stereocenters. The summed E-state index contributed by atoms with van der Waals surface area (Å²) in [6.45, 7) is 2.92. The molecule has 262 valence electrons. The lowest BCUT2D eigenvalue weighted by atomic mass is 10.0. The number of thioether (sulfide) groups is 1. The molecule has 0 saturated heterocycles. The number of benzene rings is 3. The van der Waals surface area contributed by atoms with Gasteiger partial charge in [0.1, 0.15) is 11.0 Å². The number of nitrogens with zero attached hydrogens (tertiary/aromatic N) is 5. The molecule has 0 radical (unpaired) electrons. The highest BCUT2D eigenvalue weighted by molar-refractivity contribution is 8.00. The second-order valence-electron chi connectivity index (χ2n) is 12.6. The van der Waals surface area contributed by atoms with E-state index in [0.29, 0.717) is 22.9 Å². The molecule has 0 bridgehead atoms. The van der Waals surface area contributed by atoms with Crippen LogP contribution in [0.4, 0.5) is 5.69 Å². The van der Waals surface area contributed by atoms with E-state index in [1.54, 1.807) is 28.9 Å². The maximum atomic E-state index is 13.9. The number of ether oxygens (including phenoxy) is 1. The van der Waals surface area contributed by atoms with Crippen LogP contribution in [0.2, 0.25) is 0 Å². The van der Waals surface area contributed by atoms with Gasteiger partial charge in [0.05, 0.1) is 17.2 Å². The number of ketones is 1. The topological polar surface area (TPSA) is 113 Å². The number of tetrazole rings is 1. The van der Waals surface area contributed by atoms with Crippen LogP contribution in [0.5, 0.6) is 5.75 Å². The maximum absolute atomic E-state index is 13.9. The van der Waals surface area contributed by atoms with Crippen LogP contribution in [0, 0.1) is 10.1 Å². The summed E-state index contributed by atoms with van der Waals surface area (Å²) in [5, 5.41) is 23.1. The number of Topliss-reactive ketones (excluding diaryl/α,β-unsaturated/α-hetero) is 1. The average Bonchev–Trinajstić information content (AvgIpc) is 3.60. The van der Waals surface area contributed by atoms with Gasteiger partial charge in [0.25, 0.3) is 5.69 Å². The summed E-state index contributed by atoms with van der Waals surface area (Å²) < 4.78 is 7.56. The summed E-state index contributed by atoms with van der Waals surface area (Å²) >= 11 is 1.20. The highest BCUT2D eigenvalue weighted by Gasteiger charge is 2.27. The van der Waals surface area contributed by atoms with E-state index >= 15 is 0 Å². The quantitative estimate of drug-likeness (QED) is 0.0223. The van der Waals surface area contributed by atoms with Crippen LogP contribution in [-0.4, -0.2) is 37.5 Å². The zero-order valence-corrected chi connectivity index (χ0v) is 29.7. The number of hydrogen-bond donors (Lipinski definition) is 0. The van der Waals surface area contributed by atoms with Gasteiger partial charge in [-0.05, 0) is 58.8 Å². The molecule has 49 heavy (non-hydrogen) atoms. The van der Waals surface area contributed by atoms with E-state index in [2.05, 4.69) is 22.4 Å². The molecule has 1 heterocycles. The molecule has 0 spiro atoms. The Morgan fingerprint density at radius 2 is 1.31 bits per heavy atom. The van der Waals surface area contributed by atoms with Gasteiger partial charge < -0.3 is 4.74 Å². The van der Waals surface area contributed by atoms with E-state index in [-0.39, 0.29) is 11.5 Å². The average molecular weight is 686 g/mol. The molecule has 0 aliphatic rings. The smallest absolute Gasteiger partial charge is 0.269 e. The summed E-state index contributed by atoms with van der Waals surface area (Å²) in [7, 11) is 0. The van der Waals surface area contributed by atoms with Crippen LogP contribution in [-0.2, 0) is 0 Å². The molecule has 0 aliphatic heterocycles. The van der Waals surface area contributed by atoms with Crippen molar-refractivity contribution in [3.05, 3.63) is 100 Å². The van der Waals surface area contributed by atoms with Crippen molar-refractivity contribution < 1.29 is 14.5 Å². The van der Waals surface area contributed by atoms with Crippen LogP contribution in [0.25, 0.3) is 5.69 Å². The Bertz CT molecular complexity index is 1510. The van der Waals surface area contributed by atoms with Crippen LogP contribution in [0.3, 0.4) is 0 Å². The van der Waals surface area contributed by atoms with Gasteiger partial charge in [-0.25, -0.2) is 0 Å². The third-order valence-electron chi connectivity index (χ3n) is 8.72. The van der Waals surface area contributed by atoms with Gasteiger partial charge in [0.2, 0.25) is 5.16 Å². The Balaban J connectivity index is 1.19. The molecule has 0 N–H and O–H groups in total. The Morgan fingerprint density at radius 3 is 1.86 bits per heavy atom. The molecule has 4 aromatic rings. The summed E-state index contributed by atoms with van der Waals surface area (Å²) in [6, 6.07) is 22.6. The molecule has 0 fully saturated rings. The first-order valence-electron chi connectivity index (χ1n) is 18.1. The molecule has 1 aromatic heterocycles. The minimum atomic E-state index is -0.730. The van der Waals surface area contributed by atoms with Gasteiger partial charge in [0.15, 0.2) is 5.78 Å². The zero-order chi connectivity index (χ0) is 34.5. The fourth-order valence-electron chi connectivity index (χ4n) is 5.84. The summed E-state index contributed by atoms with van der Waals surface area (Å²) in [6.07, 6.45) is 21.3. The largest absolute Gasteiger partial charge is 0.494 e. The molecule has 3 aromatic carbocycles. The molecule has 10 heteroatoms. The van der Waals surface area contributed by atoms with Gasteiger partial charge in [-0.2, -0.15) is 4.68 Å². The number of non-ortho nitro benzene ring substituents is 1. The predicted molar refractivity (Wildman–Crippen MR) is 197 cm³/mol. The van der Waals surface area contributed by atoms with E-state index in [0.717, 1.165) is 24.3 Å². The van der Waals surface area contributed by atoms with Crippen molar-refractivity contribution in [1.29, 1.82) is 0 Å². The first-order valence-corrected chi connectivity index (χ1v) is 19.0. The number of carbonyl (C=O) groups is 1. The van der Waals surface area contributed by atoms with Crippen LogP contribution < -0.4 is 4.74 Å². The molecule has 1 atom stereocenters. The number of nitro benzene ring substituents is 1. The number of hydrogen-bond acceptors (Lipinski definition) is 8. The van der Waals surface area contributed by atoms with E-state index in [9.17, 15) is 14.9 Å². The van der Waals surface area contributed by atoms with Crippen LogP contribution in [0.15, 0.2) is 84.0 Å². The zero-order valence-electron chi connectivity index (χ0n) is 28.9. The lowest BCUT2D eigenvalue weighted by Gasteiger charge is -2.16. The van der Waals surface area contributed by atoms with Crippen molar-refractivity contribution in [3.63, 3.8) is 0 Å². The number of nitro groups is 1. The molecule has 0 amide bonds. The molecule has 0 aliphatic carbocycles. The van der Waals surface area contributed by atoms with Crippen LogP contribution in [0.1, 0.15) is 131 Å². The van der Waals surface area contributed by atoms with Crippen molar-refractivity contribution in [2.24, 2.45) is 0 Å². The first kappa shape index (κ1) is 37.8. The second kappa shape index (κ2) is 21.8. The Labute approximate surface area is 295 Å². The number of unbranched alkanes of at least 4 members (excludes halogenated alkanes) is 15. The lowest BCUT2D eigenvalue weighted by Crippen LogP contribution is -2.12. The van der Waals surface area contributed by atoms with Gasteiger partial charge in [0, 0.05) is 17.7 Å². The van der Waals surface area contributed by atoms with Crippen molar-refractivity contribution in [2.75, 3.05) is 6.61 Å². The number of rotatable bonds is 25. The maximum Gasteiger partial charge on any atom is 0.269 e. The van der Waals surface area contributed by atoms with E-state index in [4.69, 9.17) is 4.74 Å². The van der Waals surface area contributed by atoms with Crippen molar-refractivity contribution in [2.45, 2.75) is 120 Å². The third-order valence-corrected chi connectivity index (χ3v) is 9.90. The number of carbonyl (C=O) groups excluding carboxylic acids is 1. The predicted octanol–water partition coefficient (Wildman–Crippen LogP) is 10.9. The van der Waals surface area contributed by atoms with Crippen LogP contribution >= 0.6 is 11.8 Å². The van der Waals surface area contributed by atoms with Crippen molar-refractivity contribution in [1.82, 2.24) is 20.2 Å². The van der Waals surface area contributed by atoms with E-state index < -0.39 is 10.2 Å². The first-order chi connectivity index (χ1) is 24.1. The van der Waals surface area contributed by atoms with Gasteiger partial charge in [-0.1, -0.05) is 145 Å². The Hall–Kier alpha value is -4.05. The molecule has 9 nitrogen and oxygen atoms in total.